The molecule has 2 heterocycles. The van der Waals surface area contributed by atoms with E-state index in [0.717, 1.165) is 5.69 Å². The third kappa shape index (κ3) is 1.88. The Balaban J connectivity index is 2.66. The number of aromatic amines is 1. The van der Waals surface area contributed by atoms with Gasteiger partial charge in [-0.1, -0.05) is 0 Å². The zero-order chi connectivity index (χ0) is 11.7. The predicted octanol–water partition coefficient (Wildman–Crippen LogP) is -0.179. The highest BCUT2D eigenvalue weighted by Crippen LogP contribution is 2.16. The SMILES string of the molecule is Cc1cc(-c2nc(N)nc(=O)[nH]2)c(C)nn1. The molecule has 0 radical (unpaired) electrons. The average Bonchev–Trinajstić information content (AvgIpc) is 2.20. The number of nitrogens with two attached hydrogens (primary N) is 1. The number of rotatable bonds is 1. The monoisotopic (exact) mass is 218 g/mol. The van der Waals surface area contributed by atoms with E-state index in [-0.39, 0.29) is 5.95 Å². The second-order valence-corrected chi connectivity index (χ2v) is 3.35. The van der Waals surface area contributed by atoms with Crippen LogP contribution < -0.4 is 11.4 Å². The van der Waals surface area contributed by atoms with Gasteiger partial charge in [0, 0.05) is 5.56 Å². The van der Waals surface area contributed by atoms with Crippen molar-refractivity contribution in [3.05, 3.63) is 27.9 Å². The van der Waals surface area contributed by atoms with Crippen LogP contribution in [0.2, 0.25) is 0 Å². The van der Waals surface area contributed by atoms with Crippen molar-refractivity contribution in [2.75, 3.05) is 5.73 Å². The second-order valence-electron chi connectivity index (χ2n) is 3.35. The molecule has 2 aromatic rings. The summed E-state index contributed by atoms with van der Waals surface area (Å²) in [6.07, 6.45) is 0. The van der Waals surface area contributed by atoms with Crippen LogP contribution in [0, 0.1) is 13.8 Å². The van der Waals surface area contributed by atoms with Gasteiger partial charge in [0.15, 0.2) is 0 Å². The molecule has 0 fully saturated rings. The van der Waals surface area contributed by atoms with E-state index in [2.05, 4.69) is 25.1 Å². The molecule has 7 heteroatoms. The van der Waals surface area contributed by atoms with Gasteiger partial charge >= 0.3 is 5.69 Å². The molecule has 0 aliphatic carbocycles. The number of hydrogen-bond donors (Lipinski definition) is 2. The van der Waals surface area contributed by atoms with E-state index in [9.17, 15) is 4.79 Å². The second kappa shape index (κ2) is 3.69. The Bertz CT molecular complexity index is 591. The number of nitrogens with zero attached hydrogens (tertiary/aromatic N) is 4. The molecule has 0 saturated heterocycles. The van der Waals surface area contributed by atoms with Gasteiger partial charge in [0.1, 0.15) is 5.82 Å². The standard InChI is InChI=1S/C9H10N6O/c1-4-3-6(5(2)15-14-4)7-11-8(10)13-9(16)12-7/h3H,1-2H3,(H3,10,11,12,13,16). The quantitative estimate of drug-likeness (QED) is 0.687. The third-order valence-electron chi connectivity index (χ3n) is 2.02. The highest BCUT2D eigenvalue weighted by Gasteiger charge is 2.08. The van der Waals surface area contributed by atoms with Gasteiger partial charge in [0.25, 0.3) is 0 Å². The summed E-state index contributed by atoms with van der Waals surface area (Å²) in [6, 6.07) is 1.78. The molecule has 2 rings (SSSR count). The first-order chi connectivity index (χ1) is 7.56. The van der Waals surface area contributed by atoms with Gasteiger partial charge in [-0.25, -0.2) is 4.79 Å². The lowest BCUT2D eigenvalue weighted by Crippen LogP contribution is -2.16. The number of anilines is 1. The number of nitrogens with one attached hydrogen (secondary N) is 1. The van der Waals surface area contributed by atoms with E-state index in [1.807, 2.05) is 0 Å². The fourth-order valence-electron chi connectivity index (χ4n) is 1.32. The third-order valence-corrected chi connectivity index (χ3v) is 2.02. The molecule has 0 saturated carbocycles. The van der Waals surface area contributed by atoms with Crippen molar-refractivity contribution in [3.63, 3.8) is 0 Å². The summed E-state index contributed by atoms with van der Waals surface area (Å²) in [4.78, 5) is 21.0. The molecule has 3 N–H and O–H groups in total. The fraction of sp³-hybridized carbons (Fsp3) is 0.222. The first kappa shape index (κ1) is 10.2. The summed E-state index contributed by atoms with van der Waals surface area (Å²) in [5.41, 5.74) is 6.97. The van der Waals surface area contributed by atoms with Crippen molar-refractivity contribution in [2.45, 2.75) is 13.8 Å². The molecule has 0 unspecified atom stereocenters. The molecule has 0 atom stereocenters. The summed E-state index contributed by atoms with van der Waals surface area (Å²) in [6.45, 7) is 3.58. The Labute approximate surface area is 90.8 Å². The number of nitrogen functional groups attached to an aromatic ring is 1. The molecule has 7 nitrogen and oxygen atoms in total. The van der Waals surface area contributed by atoms with Crippen LogP contribution >= 0.6 is 0 Å². The molecule has 0 bridgehead atoms. The lowest BCUT2D eigenvalue weighted by atomic mass is 10.2. The Morgan fingerprint density at radius 1 is 1.25 bits per heavy atom. The molecule has 0 aliphatic rings. The summed E-state index contributed by atoms with van der Waals surface area (Å²) < 4.78 is 0. The summed E-state index contributed by atoms with van der Waals surface area (Å²) in [5, 5.41) is 7.83. The van der Waals surface area contributed by atoms with Crippen molar-refractivity contribution < 1.29 is 0 Å². The molecule has 82 valence electrons. The molecular formula is C9H10N6O. The molecule has 0 aliphatic heterocycles. The van der Waals surface area contributed by atoms with Gasteiger partial charge in [-0.3, -0.25) is 4.98 Å². The van der Waals surface area contributed by atoms with Gasteiger partial charge in [-0.15, -0.1) is 0 Å². The van der Waals surface area contributed by atoms with Crippen molar-refractivity contribution in [1.82, 2.24) is 25.1 Å². The smallest absolute Gasteiger partial charge is 0.349 e. The van der Waals surface area contributed by atoms with Crippen LogP contribution in [0.4, 0.5) is 5.95 Å². The maximum absolute atomic E-state index is 11.2. The van der Waals surface area contributed by atoms with Crippen LogP contribution in [-0.4, -0.2) is 25.1 Å². The molecule has 0 amide bonds. The normalized spacial score (nSPS) is 10.4. The van der Waals surface area contributed by atoms with Crippen LogP contribution in [0.1, 0.15) is 11.4 Å². The highest BCUT2D eigenvalue weighted by molar-refractivity contribution is 5.58. The van der Waals surface area contributed by atoms with Crippen molar-refractivity contribution >= 4 is 5.95 Å². The zero-order valence-corrected chi connectivity index (χ0v) is 8.85. The van der Waals surface area contributed by atoms with Crippen molar-refractivity contribution in [3.8, 4) is 11.4 Å². The topological polar surface area (TPSA) is 110 Å². The number of aromatic nitrogens is 5. The Morgan fingerprint density at radius 3 is 2.69 bits per heavy atom. The van der Waals surface area contributed by atoms with Crippen LogP contribution in [0.3, 0.4) is 0 Å². The Hall–Kier alpha value is -2.31. The van der Waals surface area contributed by atoms with Crippen LogP contribution in [0.15, 0.2) is 10.9 Å². The Morgan fingerprint density at radius 2 is 2.00 bits per heavy atom. The first-order valence-corrected chi connectivity index (χ1v) is 4.61. The molecule has 0 aromatic carbocycles. The molecular weight excluding hydrogens is 208 g/mol. The van der Waals surface area contributed by atoms with Gasteiger partial charge in [-0.2, -0.15) is 20.2 Å². The summed E-state index contributed by atoms with van der Waals surface area (Å²) in [7, 11) is 0. The van der Waals surface area contributed by atoms with E-state index in [1.54, 1.807) is 19.9 Å². The zero-order valence-electron chi connectivity index (χ0n) is 8.85. The van der Waals surface area contributed by atoms with E-state index in [1.165, 1.54) is 0 Å². The Kier molecular flexibility index (Phi) is 2.35. The van der Waals surface area contributed by atoms with E-state index in [4.69, 9.17) is 5.73 Å². The molecule has 0 spiro atoms. The minimum absolute atomic E-state index is 0.0624. The molecule has 16 heavy (non-hydrogen) atoms. The van der Waals surface area contributed by atoms with E-state index >= 15 is 0 Å². The largest absolute Gasteiger partial charge is 0.368 e. The molecule has 2 aromatic heterocycles. The fourth-order valence-corrected chi connectivity index (χ4v) is 1.32. The van der Waals surface area contributed by atoms with Crippen LogP contribution in [0.25, 0.3) is 11.4 Å². The lowest BCUT2D eigenvalue weighted by Gasteiger charge is -2.04. The van der Waals surface area contributed by atoms with Crippen LogP contribution in [0.5, 0.6) is 0 Å². The van der Waals surface area contributed by atoms with Gasteiger partial charge in [0.05, 0.1) is 11.4 Å². The van der Waals surface area contributed by atoms with Crippen molar-refractivity contribution in [1.29, 1.82) is 0 Å². The van der Waals surface area contributed by atoms with Gasteiger partial charge < -0.3 is 5.73 Å². The maximum Gasteiger partial charge on any atom is 0.349 e. The van der Waals surface area contributed by atoms with Gasteiger partial charge in [-0.05, 0) is 19.9 Å². The average molecular weight is 218 g/mol. The highest BCUT2D eigenvalue weighted by atomic mass is 16.1. The number of H-pyrrole nitrogens is 1. The van der Waals surface area contributed by atoms with Crippen molar-refractivity contribution in [2.24, 2.45) is 0 Å². The number of hydrogen-bond acceptors (Lipinski definition) is 6. The lowest BCUT2D eigenvalue weighted by molar-refractivity contribution is 0.930. The number of aryl methyl sites for hydroxylation is 2. The summed E-state index contributed by atoms with van der Waals surface area (Å²) >= 11 is 0. The van der Waals surface area contributed by atoms with E-state index < -0.39 is 5.69 Å². The van der Waals surface area contributed by atoms with Crippen LogP contribution in [-0.2, 0) is 0 Å². The van der Waals surface area contributed by atoms with Gasteiger partial charge in [0.2, 0.25) is 5.95 Å². The maximum atomic E-state index is 11.2. The minimum Gasteiger partial charge on any atom is -0.368 e. The van der Waals surface area contributed by atoms with E-state index in [0.29, 0.717) is 17.1 Å². The first-order valence-electron chi connectivity index (χ1n) is 4.61. The summed E-state index contributed by atoms with van der Waals surface area (Å²) in [5.74, 6) is 0.292. The minimum atomic E-state index is -0.531. The predicted molar refractivity (Wildman–Crippen MR) is 57.6 cm³/mol.